The molecule has 0 aliphatic carbocycles. The molecule has 0 radical (unpaired) electrons. The topological polar surface area (TPSA) is 124 Å². The van der Waals surface area contributed by atoms with Gasteiger partial charge in [0.1, 0.15) is 11.8 Å². The second-order valence-corrected chi connectivity index (χ2v) is 7.01. The fourth-order valence-corrected chi connectivity index (χ4v) is 3.18. The fraction of sp³-hybridized carbons (Fsp3) is 0.286. The van der Waals surface area contributed by atoms with E-state index < -0.39 is 49.2 Å². The lowest BCUT2D eigenvalue weighted by atomic mass is 10.1. The Balaban J connectivity index is 1.66. The van der Waals surface area contributed by atoms with E-state index in [0.29, 0.717) is 11.3 Å². The number of amides is 3. The summed E-state index contributed by atoms with van der Waals surface area (Å²) in [6.07, 6.45) is 1.85. The standard InChI is InChI=1S/C21H19F2N5O4/c1-32-15-4-2-13(3-5-15)19(30)27-17-10-25-7-6-16(17)20(31)26-11-18(29)28-12-21(22,23)8-14(28)9-24/h2-7,10,14H,8,11-12H2,1H3,(H,26,31)(H,27,30). The number of halogens is 2. The molecule has 2 aromatic rings. The fourth-order valence-electron chi connectivity index (χ4n) is 3.18. The van der Waals surface area contributed by atoms with Crippen molar-refractivity contribution in [3.63, 3.8) is 0 Å². The molecule has 3 amide bonds. The third kappa shape index (κ3) is 5.15. The van der Waals surface area contributed by atoms with Crippen LogP contribution in [0.2, 0.25) is 0 Å². The van der Waals surface area contributed by atoms with E-state index in [4.69, 9.17) is 10.00 Å². The van der Waals surface area contributed by atoms with Gasteiger partial charge in [0.25, 0.3) is 17.7 Å². The molecular formula is C21H19F2N5O4. The van der Waals surface area contributed by atoms with Crippen molar-refractivity contribution in [2.45, 2.75) is 18.4 Å². The van der Waals surface area contributed by atoms with Gasteiger partial charge >= 0.3 is 0 Å². The Bertz CT molecular complexity index is 1070. The van der Waals surface area contributed by atoms with Crippen LogP contribution in [0.15, 0.2) is 42.7 Å². The number of ether oxygens (including phenoxy) is 1. The Morgan fingerprint density at radius 2 is 1.97 bits per heavy atom. The number of nitrogens with zero attached hydrogens (tertiary/aromatic N) is 3. The molecule has 2 heterocycles. The molecule has 32 heavy (non-hydrogen) atoms. The van der Waals surface area contributed by atoms with E-state index in [2.05, 4.69) is 15.6 Å². The van der Waals surface area contributed by atoms with E-state index in [1.54, 1.807) is 30.3 Å². The van der Waals surface area contributed by atoms with Crippen LogP contribution < -0.4 is 15.4 Å². The van der Waals surface area contributed by atoms with Crippen molar-refractivity contribution < 1.29 is 27.9 Å². The van der Waals surface area contributed by atoms with E-state index in [0.717, 1.165) is 4.90 Å². The van der Waals surface area contributed by atoms with Gasteiger partial charge in [-0.15, -0.1) is 0 Å². The number of pyridine rings is 1. The van der Waals surface area contributed by atoms with Crippen molar-refractivity contribution in [1.29, 1.82) is 5.26 Å². The summed E-state index contributed by atoms with van der Waals surface area (Å²) < 4.78 is 32.1. The van der Waals surface area contributed by atoms with Crippen LogP contribution in [0.3, 0.4) is 0 Å². The first-order valence-corrected chi connectivity index (χ1v) is 9.48. The van der Waals surface area contributed by atoms with Gasteiger partial charge in [0, 0.05) is 18.2 Å². The molecule has 3 rings (SSSR count). The van der Waals surface area contributed by atoms with Gasteiger partial charge in [-0.1, -0.05) is 0 Å². The number of hydrogen-bond acceptors (Lipinski definition) is 6. The van der Waals surface area contributed by atoms with Crippen molar-refractivity contribution >= 4 is 23.4 Å². The minimum atomic E-state index is -3.15. The molecule has 1 fully saturated rings. The van der Waals surface area contributed by atoms with Crippen molar-refractivity contribution in [3.8, 4) is 11.8 Å². The molecule has 0 saturated carbocycles. The number of nitrogens with one attached hydrogen (secondary N) is 2. The number of aromatic nitrogens is 1. The average molecular weight is 443 g/mol. The number of rotatable bonds is 6. The number of methoxy groups -OCH3 is 1. The number of anilines is 1. The number of hydrogen-bond donors (Lipinski definition) is 2. The molecule has 1 unspecified atom stereocenters. The molecule has 1 saturated heterocycles. The van der Waals surface area contributed by atoms with Gasteiger partial charge in [-0.25, -0.2) is 8.78 Å². The van der Waals surface area contributed by atoms with E-state index in [9.17, 15) is 23.2 Å². The van der Waals surface area contributed by atoms with E-state index in [-0.39, 0.29) is 11.3 Å². The summed E-state index contributed by atoms with van der Waals surface area (Å²) in [4.78, 5) is 42.0. The number of nitriles is 1. The van der Waals surface area contributed by atoms with Gasteiger partial charge in [0.05, 0.1) is 43.7 Å². The van der Waals surface area contributed by atoms with Crippen molar-refractivity contribution in [2.24, 2.45) is 0 Å². The molecule has 1 atom stereocenters. The molecule has 0 bridgehead atoms. The molecule has 9 nitrogen and oxygen atoms in total. The number of alkyl halides is 2. The largest absolute Gasteiger partial charge is 0.497 e. The van der Waals surface area contributed by atoms with Gasteiger partial charge < -0.3 is 20.3 Å². The Morgan fingerprint density at radius 3 is 2.62 bits per heavy atom. The minimum Gasteiger partial charge on any atom is -0.497 e. The summed E-state index contributed by atoms with van der Waals surface area (Å²) in [5.74, 6) is -4.60. The highest BCUT2D eigenvalue weighted by Gasteiger charge is 2.47. The first-order valence-electron chi connectivity index (χ1n) is 9.48. The highest BCUT2D eigenvalue weighted by molar-refractivity contribution is 6.09. The Hall–Kier alpha value is -4.07. The summed E-state index contributed by atoms with van der Waals surface area (Å²) in [7, 11) is 1.50. The molecule has 0 spiro atoms. The maximum atomic E-state index is 13.5. The number of carbonyl (C=O) groups excluding carboxylic acids is 3. The lowest BCUT2D eigenvalue weighted by molar-refractivity contribution is -0.131. The van der Waals surface area contributed by atoms with Crippen LogP contribution in [0.25, 0.3) is 0 Å². The highest BCUT2D eigenvalue weighted by atomic mass is 19.3. The van der Waals surface area contributed by atoms with Crippen LogP contribution in [0, 0.1) is 11.3 Å². The smallest absolute Gasteiger partial charge is 0.268 e. The van der Waals surface area contributed by atoms with Gasteiger partial charge in [0.15, 0.2) is 0 Å². The van der Waals surface area contributed by atoms with Crippen LogP contribution in [0.5, 0.6) is 5.75 Å². The van der Waals surface area contributed by atoms with Gasteiger partial charge in [-0.3, -0.25) is 19.4 Å². The number of benzene rings is 1. The molecule has 1 aromatic carbocycles. The van der Waals surface area contributed by atoms with Crippen molar-refractivity contribution in [3.05, 3.63) is 53.9 Å². The SMILES string of the molecule is COc1ccc(C(=O)Nc2cnccc2C(=O)NCC(=O)N2CC(F)(F)CC2C#N)cc1. The third-order valence-electron chi connectivity index (χ3n) is 4.81. The summed E-state index contributed by atoms with van der Waals surface area (Å²) in [5.41, 5.74) is 0.438. The lowest BCUT2D eigenvalue weighted by Gasteiger charge is -2.19. The van der Waals surface area contributed by atoms with Gasteiger partial charge in [-0.05, 0) is 30.3 Å². The predicted octanol–water partition coefficient (Wildman–Crippen LogP) is 1.83. The monoisotopic (exact) mass is 443 g/mol. The molecule has 2 N–H and O–H groups in total. The maximum absolute atomic E-state index is 13.5. The number of likely N-dealkylation sites (tertiary alicyclic amines) is 1. The summed E-state index contributed by atoms with van der Waals surface area (Å²) in [5, 5.41) is 13.9. The van der Waals surface area contributed by atoms with E-state index in [1.807, 2.05) is 0 Å². The first kappa shape index (κ1) is 22.6. The Kier molecular flexibility index (Phi) is 6.63. The maximum Gasteiger partial charge on any atom is 0.268 e. The third-order valence-corrected chi connectivity index (χ3v) is 4.81. The zero-order valence-corrected chi connectivity index (χ0v) is 17.0. The predicted molar refractivity (Wildman–Crippen MR) is 108 cm³/mol. The van der Waals surface area contributed by atoms with Crippen molar-refractivity contribution in [1.82, 2.24) is 15.2 Å². The molecular weight excluding hydrogens is 424 g/mol. The molecule has 1 aliphatic heterocycles. The van der Waals surface area contributed by atoms with Crippen LogP contribution >= 0.6 is 0 Å². The Labute approximate surface area is 182 Å². The number of carbonyl (C=O) groups is 3. The van der Waals surface area contributed by atoms with Crippen LogP contribution in [0.4, 0.5) is 14.5 Å². The Morgan fingerprint density at radius 1 is 1.25 bits per heavy atom. The molecule has 1 aliphatic rings. The normalized spacial score (nSPS) is 16.7. The first-order chi connectivity index (χ1) is 15.2. The van der Waals surface area contributed by atoms with Gasteiger partial charge in [0.2, 0.25) is 5.91 Å². The zero-order chi connectivity index (χ0) is 23.3. The molecule has 11 heteroatoms. The molecule has 1 aromatic heterocycles. The summed E-state index contributed by atoms with van der Waals surface area (Å²) in [6, 6.07) is 8.05. The second-order valence-electron chi connectivity index (χ2n) is 7.01. The second kappa shape index (κ2) is 9.38. The van der Waals surface area contributed by atoms with Crippen LogP contribution in [-0.2, 0) is 4.79 Å². The highest BCUT2D eigenvalue weighted by Crippen LogP contribution is 2.31. The molecule has 166 valence electrons. The van der Waals surface area contributed by atoms with Gasteiger partial charge in [-0.2, -0.15) is 5.26 Å². The van der Waals surface area contributed by atoms with Crippen LogP contribution in [0.1, 0.15) is 27.1 Å². The minimum absolute atomic E-state index is 0.0262. The summed E-state index contributed by atoms with van der Waals surface area (Å²) in [6.45, 7) is -1.46. The summed E-state index contributed by atoms with van der Waals surface area (Å²) >= 11 is 0. The zero-order valence-electron chi connectivity index (χ0n) is 17.0. The van der Waals surface area contributed by atoms with E-state index >= 15 is 0 Å². The average Bonchev–Trinajstić information content (AvgIpc) is 3.12. The van der Waals surface area contributed by atoms with Crippen LogP contribution in [-0.4, -0.2) is 59.8 Å². The van der Waals surface area contributed by atoms with E-state index in [1.165, 1.54) is 25.6 Å². The lowest BCUT2D eigenvalue weighted by Crippen LogP contribution is -2.43. The van der Waals surface area contributed by atoms with Crippen molar-refractivity contribution in [2.75, 3.05) is 25.5 Å². The quantitative estimate of drug-likeness (QED) is 0.702.